The van der Waals surface area contributed by atoms with Crippen LogP contribution in [-0.2, 0) is 13.0 Å². The van der Waals surface area contributed by atoms with E-state index in [4.69, 9.17) is 23.1 Å². The minimum absolute atomic E-state index is 0.0552. The minimum atomic E-state index is -0.517. The van der Waals surface area contributed by atoms with Gasteiger partial charge in [-0.3, -0.25) is 9.56 Å². The number of aromatic nitrogens is 3. The molecule has 0 aliphatic rings. The highest BCUT2D eigenvalue weighted by Gasteiger charge is 2.15. The van der Waals surface area contributed by atoms with Crippen LogP contribution in [0.1, 0.15) is 37.3 Å². The van der Waals surface area contributed by atoms with Crippen LogP contribution in [0.25, 0.3) is 28.0 Å². The highest BCUT2D eigenvalue weighted by atomic mass is 35.5. The molecule has 0 spiro atoms. The number of aryl methyl sites for hydroxylation is 1. The van der Waals surface area contributed by atoms with Crippen LogP contribution in [0.15, 0.2) is 71.1 Å². The molecule has 8 nitrogen and oxygen atoms in total. The third kappa shape index (κ3) is 7.24. The highest BCUT2D eigenvalue weighted by molar-refractivity contribution is 6.31. The van der Waals surface area contributed by atoms with Gasteiger partial charge in [0.05, 0.1) is 22.2 Å². The Morgan fingerprint density at radius 3 is 2.73 bits per heavy atom. The van der Waals surface area contributed by atoms with Crippen LogP contribution in [0, 0.1) is 5.82 Å². The lowest BCUT2D eigenvalue weighted by Gasteiger charge is -2.14. The molecule has 4 rings (SSSR count). The van der Waals surface area contributed by atoms with E-state index >= 15 is 0 Å². The van der Waals surface area contributed by atoms with Gasteiger partial charge in [-0.25, -0.2) is 9.18 Å². The molecule has 1 atom stereocenters. The van der Waals surface area contributed by atoms with Crippen molar-refractivity contribution < 1.29 is 4.39 Å². The smallest absolute Gasteiger partial charge is 0.354 e. The van der Waals surface area contributed by atoms with Crippen molar-refractivity contribution in [3.63, 3.8) is 0 Å². The maximum atomic E-state index is 15.0. The lowest BCUT2D eigenvalue weighted by molar-refractivity contribution is 0.563. The van der Waals surface area contributed by atoms with Gasteiger partial charge in [-0.05, 0) is 80.6 Å². The molecule has 0 bridgehead atoms. The van der Waals surface area contributed by atoms with Crippen LogP contribution >= 0.6 is 11.6 Å². The number of benzene rings is 2. The van der Waals surface area contributed by atoms with Gasteiger partial charge >= 0.3 is 5.69 Å². The van der Waals surface area contributed by atoms with E-state index in [0.29, 0.717) is 53.4 Å². The van der Waals surface area contributed by atoms with Gasteiger partial charge in [0.15, 0.2) is 5.82 Å². The maximum absolute atomic E-state index is 15.0. The van der Waals surface area contributed by atoms with Crippen molar-refractivity contribution in [2.45, 2.75) is 45.2 Å². The van der Waals surface area contributed by atoms with Crippen LogP contribution in [-0.4, -0.2) is 39.5 Å². The number of nitrogens with two attached hydrogens (primary N) is 2. The first-order valence-electron chi connectivity index (χ1n) is 13.3. The molecule has 1 unspecified atom stereocenters. The molecule has 0 radical (unpaired) electrons. The van der Waals surface area contributed by atoms with Gasteiger partial charge in [-0.1, -0.05) is 29.8 Å². The molecule has 0 saturated heterocycles. The Morgan fingerprint density at radius 1 is 1.25 bits per heavy atom. The first kappa shape index (κ1) is 29.2. The van der Waals surface area contributed by atoms with Gasteiger partial charge in [0, 0.05) is 36.3 Å². The fourth-order valence-electron chi connectivity index (χ4n) is 4.49. The summed E-state index contributed by atoms with van der Waals surface area (Å²) >= 11 is 6.20. The van der Waals surface area contributed by atoms with Gasteiger partial charge in [0.2, 0.25) is 0 Å². The van der Waals surface area contributed by atoms with E-state index in [0.717, 1.165) is 36.8 Å². The summed E-state index contributed by atoms with van der Waals surface area (Å²) in [7, 11) is 0. The second-order valence-electron chi connectivity index (χ2n) is 9.77. The Morgan fingerprint density at radius 2 is 2.02 bits per heavy atom. The summed E-state index contributed by atoms with van der Waals surface area (Å²) in [5.41, 5.74) is 14.6. The van der Waals surface area contributed by atoms with Crippen molar-refractivity contribution in [3.8, 4) is 16.9 Å². The Labute approximate surface area is 238 Å². The van der Waals surface area contributed by atoms with Crippen LogP contribution < -0.4 is 22.5 Å². The van der Waals surface area contributed by atoms with Gasteiger partial charge in [-0.15, -0.1) is 6.58 Å². The van der Waals surface area contributed by atoms with Crippen LogP contribution in [0.5, 0.6) is 0 Å². The highest BCUT2D eigenvalue weighted by Crippen LogP contribution is 2.31. The number of aromatic amines is 1. The van der Waals surface area contributed by atoms with Crippen molar-refractivity contribution in [3.05, 3.63) is 93.8 Å². The number of hydrogen-bond acceptors (Lipinski definition) is 5. The van der Waals surface area contributed by atoms with Crippen LogP contribution in [0.4, 0.5) is 4.39 Å². The van der Waals surface area contributed by atoms with Gasteiger partial charge in [0.1, 0.15) is 5.65 Å². The molecule has 2 aromatic heterocycles. The molecule has 2 aromatic carbocycles. The third-order valence-electron chi connectivity index (χ3n) is 6.67. The maximum Gasteiger partial charge on any atom is 0.354 e. The number of nitrogens with zero attached hydrogens (tertiary/aromatic N) is 3. The second kappa shape index (κ2) is 13.5. The van der Waals surface area contributed by atoms with Crippen molar-refractivity contribution in [1.29, 1.82) is 0 Å². The van der Waals surface area contributed by atoms with Gasteiger partial charge < -0.3 is 21.8 Å². The van der Waals surface area contributed by atoms with Crippen molar-refractivity contribution in [1.82, 2.24) is 19.9 Å². The van der Waals surface area contributed by atoms with E-state index in [1.54, 1.807) is 31.3 Å². The molecule has 0 aliphatic carbocycles. The Kier molecular flexibility index (Phi) is 9.87. The molecular weight excluding hydrogens is 529 g/mol. The van der Waals surface area contributed by atoms with Crippen molar-refractivity contribution >= 4 is 28.5 Å². The lowest BCUT2D eigenvalue weighted by atomic mass is 10.0. The van der Waals surface area contributed by atoms with Gasteiger partial charge in [-0.2, -0.15) is 4.98 Å². The fraction of sp³-hybridized carbons (Fsp3) is 0.300. The quantitative estimate of drug-likeness (QED) is 0.0799. The number of amidine groups is 1. The van der Waals surface area contributed by atoms with Crippen LogP contribution in [0.2, 0.25) is 5.02 Å². The van der Waals surface area contributed by atoms with E-state index < -0.39 is 11.5 Å². The first-order chi connectivity index (χ1) is 19.3. The van der Waals surface area contributed by atoms with Crippen molar-refractivity contribution in [2.75, 3.05) is 13.1 Å². The normalized spacial score (nSPS) is 12.7. The number of halogens is 2. The van der Waals surface area contributed by atoms with Crippen molar-refractivity contribution in [2.24, 2.45) is 16.5 Å². The Balaban J connectivity index is 1.53. The van der Waals surface area contributed by atoms with Crippen LogP contribution in [0.3, 0.4) is 0 Å². The topological polar surface area (TPSA) is 127 Å². The SMILES string of the molecule is C=CC(CCN=C(C)N)NCc1ccc(-n2cc3cc(-c4cc(CCCCN)cc(Cl)c4F)[nH]c3nc2=O)cc1. The number of unbranched alkanes of at least 4 members (excludes halogenated alkanes) is 1. The summed E-state index contributed by atoms with van der Waals surface area (Å²) in [4.78, 5) is 24.4. The predicted octanol–water partition coefficient (Wildman–Crippen LogP) is 4.87. The average molecular weight is 564 g/mol. The first-order valence-corrected chi connectivity index (χ1v) is 13.7. The molecule has 210 valence electrons. The van der Waals surface area contributed by atoms with E-state index in [2.05, 4.69) is 26.9 Å². The molecule has 0 saturated carbocycles. The molecular formula is C30H35ClFN7O. The fourth-order valence-corrected chi connectivity index (χ4v) is 4.73. The largest absolute Gasteiger partial charge is 0.388 e. The number of aliphatic imine (C=N–C) groups is 1. The summed E-state index contributed by atoms with van der Waals surface area (Å²) in [6.45, 7) is 7.53. The average Bonchev–Trinajstić information content (AvgIpc) is 3.34. The number of H-pyrrole nitrogens is 1. The number of nitrogens with one attached hydrogen (secondary N) is 2. The molecule has 0 aliphatic heterocycles. The number of fused-ring (bicyclic) bond motifs is 1. The summed E-state index contributed by atoms with van der Waals surface area (Å²) in [6.07, 6.45) is 6.87. The van der Waals surface area contributed by atoms with E-state index in [9.17, 15) is 9.18 Å². The Hall–Kier alpha value is -3.79. The van der Waals surface area contributed by atoms with E-state index in [-0.39, 0.29) is 11.1 Å². The lowest BCUT2D eigenvalue weighted by Crippen LogP contribution is -2.27. The third-order valence-corrected chi connectivity index (χ3v) is 6.95. The predicted molar refractivity (Wildman–Crippen MR) is 162 cm³/mol. The molecule has 10 heteroatoms. The molecule has 4 aromatic rings. The summed E-state index contributed by atoms with van der Waals surface area (Å²) < 4.78 is 16.5. The Bertz CT molecular complexity index is 1560. The van der Waals surface area contributed by atoms with Gasteiger partial charge in [0.25, 0.3) is 0 Å². The summed E-state index contributed by atoms with van der Waals surface area (Å²) in [6, 6.07) is 13.0. The monoisotopic (exact) mass is 563 g/mol. The molecule has 40 heavy (non-hydrogen) atoms. The molecule has 0 fully saturated rings. The summed E-state index contributed by atoms with van der Waals surface area (Å²) in [5, 5.41) is 4.17. The summed E-state index contributed by atoms with van der Waals surface area (Å²) in [5.74, 6) is 0.0492. The van der Waals surface area contributed by atoms with E-state index in [1.165, 1.54) is 4.57 Å². The standard InChI is InChI=1S/C30H35ClFN7O/c1-3-23(11-13-35-19(2)34)36-17-20-7-9-24(10-8-20)39-18-22-16-27(37-29(22)38-30(39)40)25-14-21(6-4-5-12-33)15-26(31)28(25)32/h3,7-10,14-16,18,23,36H,1,4-6,11-13,17,33H2,2H3,(H2,34,35)(H,37,38,40). The molecule has 0 amide bonds. The zero-order valence-corrected chi connectivity index (χ0v) is 23.3. The minimum Gasteiger partial charge on any atom is -0.388 e. The second-order valence-corrected chi connectivity index (χ2v) is 10.2. The number of rotatable bonds is 13. The van der Waals surface area contributed by atoms with E-state index in [1.807, 2.05) is 30.3 Å². The number of hydrogen-bond donors (Lipinski definition) is 4. The zero-order valence-electron chi connectivity index (χ0n) is 22.6. The molecule has 6 N–H and O–H groups in total. The zero-order chi connectivity index (χ0) is 28.6. The molecule has 2 heterocycles.